The molecular formula is C27H23BrN4O2. The predicted molar refractivity (Wildman–Crippen MR) is 136 cm³/mol. The Morgan fingerprint density at radius 2 is 1.76 bits per heavy atom. The van der Waals surface area contributed by atoms with Crippen molar-refractivity contribution in [3.8, 4) is 5.69 Å². The van der Waals surface area contributed by atoms with Gasteiger partial charge in [-0.3, -0.25) is 14.5 Å². The van der Waals surface area contributed by atoms with Crippen LogP contribution in [-0.4, -0.2) is 19.8 Å². The molecule has 2 aromatic heterocycles. The highest BCUT2D eigenvalue weighted by Gasteiger charge is 2.35. The molecule has 7 heteroatoms. The second kappa shape index (κ2) is 7.21. The first kappa shape index (κ1) is 21.0. The van der Waals surface area contributed by atoms with Gasteiger partial charge in [-0.15, -0.1) is 0 Å². The molecule has 3 heterocycles. The molecule has 0 atom stereocenters. The van der Waals surface area contributed by atoms with Crippen LogP contribution < -0.4 is 5.62 Å². The summed E-state index contributed by atoms with van der Waals surface area (Å²) < 4.78 is 12.3. The first-order chi connectivity index (χ1) is 16.3. The van der Waals surface area contributed by atoms with Crippen molar-refractivity contribution in [2.24, 2.45) is 0 Å². The smallest absolute Gasteiger partial charge is 0.419 e. The highest BCUT2D eigenvalue weighted by Crippen LogP contribution is 2.38. The number of benzene rings is 3. The fourth-order valence-electron chi connectivity index (χ4n) is 5.08. The number of ether oxygens (including phenoxy) is 1. The number of nitrogens with one attached hydrogen (secondary N) is 1. The zero-order chi connectivity index (χ0) is 23.8. The molecule has 6 nitrogen and oxygen atoms in total. The normalized spacial score (nSPS) is 14.6. The van der Waals surface area contributed by atoms with Gasteiger partial charge in [-0.2, -0.15) is 0 Å². The van der Waals surface area contributed by atoms with Crippen LogP contribution in [0.5, 0.6) is 0 Å². The Kier molecular flexibility index (Phi) is 4.45. The van der Waals surface area contributed by atoms with Crippen LogP contribution in [0, 0.1) is 12.3 Å². The molecule has 0 spiro atoms. The van der Waals surface area contributed by atoms with Crippen molar-refractivity contribution >= 4 is 44.0 Å². The third-order valence-corrected chi connectivity index (χ3v) is 7.27. The number of carbonyl (C=O) groups is 1. The molecular weight excluding hydrogens is 492 g/mol. The third-order valence-electron chi connectivity index (χ3n) is 6.74. The van der Waals surface area contributed by atoms with Gasteiger partial charge >= 0.3 is 6.09 Å². The monoisotopic (exact) mass is 514 g/mol. The van der Waals surface area contributed by atoms with E-state index in [1.54, 1.807) is 10.8 Å². The fourth-order valence-corrected chi connectivity index (χ4v) is 5.35. The van der Waals surface area contributed by atoms with Crippen molar-refractivity contribution in [1.82, 2.24) is 13.7 Å². The van der Waals surface area contributed by atoms with Crippen molar-refractivity contribution in [3.05, 3.63) is 93.6 Å². The molecule has 0 saturated heterocycles. The van der Waals surface area contributed by atoms with Crippen LogP contribution in [0.1, 0.15) is 30.5 Å². The predicted octanol–water partition coefficient (Wildman–Crippen LogP) is 6.22. The number of cyclic esters (lactones) is 1. The van der Waals surface area contributed by atoms with Gasteiger partial charge < -0.3 is 9.30 Å². The Hall–Kier alpha value is -3.58. The van der Waals surface area contributed by atoms with Crippen LogP contribution in [-0.2, 0) is 16.9 Å². The second-order valence-corrected chi connectivity index (χ2v) is 10.2. The molecule has 3 aromatic carbocycles. The second-order valence-electron chi connectivity index (χ2n) is 9.26. The van der Waals surface area contributed by atoms with E-state index in [1.807, 2.05) is 65.4 Å². The number of aryl methyl sites for hydroxylation is 1. The van der Waals surface area contributed by atoms with Gasteiger partial charge in [0, 0.05) is 27.3 Å². The number of hydrogen-bond acceptors (Lipinski definition) is 3. The fraction of sp³-hybridized carbons (Fsp3) is 0.185. The number of nitrogens with zero attached hydrogens (tertiary/aromatic N) is 3. The van der Waals surface area contributed by atoms with E-state index in [0.29, 0.717) is 12.2 Å². The summed E-state index contributed by atoms with van der Waals surface area (Å²) >= 11 is 3.51. The van der Waals surface area contributed by atoms with E-state index in [2.05, 4.69) is 41.1 Å². The maximum absolute atomic E-state index is 12.6. The van der Waals surface area contributed by atoms with Gasteiger partial charge in [0.25, 0.3) is 0 Å². The third kappa shape index (κ3) is 2.93. The van der Waals surface area contributed by atoms with Crippen LogP contribution in [0.3, 0.4) is 0 Å². The van der Waals surface area contributed by atoms with Gasteiger partial charge in [0.15, 0.2) is 0 Å². The summed E-state index contributed by atoms with van der Waals surface area (Å²) in [4.78, 5) is 12.6. The topological polar surface area (TPSA) is 64.9 Å². The molecule has 0 aliphatic carbocycles. The molecule has 0 radical (unpaired) electrons. The number of hydrogen-bond donors (Lipinski definition) is 1. The summed E-state index contributed by atoms with van der Waals surface area (Å²) in [5.74, 6) is 0. The molecule has 0 fully saturated rings. The lowest BCUT2D eigenvalue weighted by Crippen LogP contribution is -2.33. The van der Waals surface area contributed by atoms with E-state index in [1.165, 1.54) is 0 Å². The molecule has 0 unspecified atom stereocenters. The molecule has 0 amide bonds. The lowest BCUT2D eigenvalue weighted by molar-refractivity contribution is 0.0331. The average Bonchev–Trinajstić information content (AvgIpc) is 3.35. The minimum Gasteiger partial charge on any atom is -0.438 e. The van der Waals surface area contributed by atoms with Crippen LogP contribution in [0.2, 0.25) is 0 Å². The van der Waals surface area contributed by atoms with Gasteiger partial charge in [0.2, 0.25) is 5.62 Å². The van der Waals surface area contributed by atoms with E-state index < -0.39 is 5.60 Å². The Morgan fingerprint density at radius 3 is 2.53 bits per heavy atom. The first-order valence-electron chi connectivity index (χ1n) is 11.1. The highest BCUT2D eigenvalue weighted by atomic mass is 79.9. The summed E-state index contributed by atoms with van der Waals surface area (Å²) in [6, 6.07) is 20.3. The minimum absolute atomic E-state index is 0.360. The lowest BCUT2D eigenvalue weighted by Gasteiger charge is -2.31. The summed E-state index contributed by atoms with van der Waals surface area (Å²) in [5.41, 5.74) is 6.70. The van der Waals surface area contributed by atoms with Gasteiger partial charge in [-0.25, -0.2) is 4.79 Å². The molecule has 34 heavy (non-hydrogen) atoms. The molecule has 0 bridgehead atoms. The zero-order valence-corrected chi connectivity index (χ0v) is 20.7. The first-order valence-corrected chi connectivity index (χ1v) is 11.9. The van der Waals surface area contributed by atoms with Gasteiger partial charge in [0.05, 0.1) is 23.1 Å². The molecule has 1 aliphatic rings. The SMILES string of the molecule is Cc1cccc2c1n(-c1ccc(Br)cc1)c(=N)n2Cc1ccc2c3c1ccn3C(=O)OC2(C)C. The number of rotatable bonds is 3. The maximum atomic E-state index is 12.6. The average molecular weight is 515 g/mol. The van der Waals surface area contributed by atoms with Gasteiger partial charge in [0.1, 0.15) is 5.60 Å². The van der Waals surface area contributed by atoms with Crippen molar-refractivity contribution in [2.45, 2.75) is 32.9 Å². The molecule has 1 aliphatic heterocycles. The summed E-state index contributed by atoms with van der Waals surface area (Å²) in [5, 5.41) is 10.2. The molecule has 6 rings (SSSR count). The summed E-state index contributed by atoms with van der Waals surface area (Å²) in [7, 11) is 0. The minimum atomic E-state index is -0.690. The lowest BCUT2D eigenvalue weighted by atomic mass is 9.93. The van der Waals surface area contributed by atoms with Crippen molar-refractivity contribution in [1.29, 1.82) is 5.41 Å². The number of imidazole rings is 1. The molecule has 170 valence electrons. The Morgan fingerprint density at radius 1 is 1.00 bits per heavy atom. The van der Waals surface area contributed by atoms with Crippen molar-refractivity contribution in [2.75, 3.05) is 0 Å². The molecule has 5 aromatic rings. The number of carbonyl (C=O) groups excluding carboxylic acids is 1. The number of fused-ring (bicyclic) bond motifs is 1. The number of para-hydroxylation sites is 1. The molecule has 1 N–H and O–H groups in total. The maximum Gasteiger partial charge on any atom is 0.419 e. The zero-order valence-electron chi connectivity index (χ0n) is 19.1. The Bertz CT molecular complexity index is 1690. The van der Waals surface area contributed by atoms with Crippen LogP contribution >= 0.6 is 15.9 Å². The molecule has 0 saturated carbocycles. The van der Waals surface area contributed by atoms with E-state index in [0.717, 1.165) is 48.8 Å². The van der Waals surface area contributed by atoms with Crippen LogP contribution in [0.25, 0.3) is 27.6 Å². The van der Waals surface area contributed by atoms with E-state index in [-0.39, 0.29) is 6.09 Å². The van der Waals surface area contributed by atoms with Crippen LogP contribution in [0.15, 0.2) is 71.3 Å². The van der Waals surface area contributed by atoms with Gasteiger partial charge in [-0.05, 0) is 68.3 Å². The summed E-state index contributed by atoms with van der Waals surface area (Å²) in [6.07, 6.45) is 1.41. The number of halogens is 1. The van der Waals surface area contributed by atoms with E-state index in [4.69, 9.17) is 10.1 Å². The quantitative estimate of drug-likeness (QED) is 0.310. The van der Waals surface area contributed by atoms with Crippen molar-refractivity contribution in [3.63, 3.8) is 0 Å². The van der Waals surface area contributed by atoms with E-state index in [9.17, 15) is 4.79 Å². The Balaban J connectivity index is 1.58. The largest absolute Gasteiger partial charge is 0.438 e. The number of aromatic nitrogens is 3. The summed E-state index contributed by atoms with van der Waals surface area (Å²) in [6.45, 7) is 6.43. The standard InChI is InChI=1S/C27H23BrN4O2/c1-16-5-4-6-22-23(16)32(19-10-8-18(28)9-11-19)25(29)31(22)15-17-7-12-21-24-20(17)13-14-30(24)26(33)34-27(21,2)3/h4-14,29H,15H2,1-3H3. The highest BCUT2D eigenvalue weighted by molar-refractivity contribution is 9.10. The van der Waals surface area contributed by atoms with E-state index >= 15 is 0 Å². The van der Waals surface area contributed by atoms with Gasteiger partial charge in [-0.1, -0.05) is 40.2 Å². The van der Waals surface area contributed by atoms with Crippen LogP contribution in [0.4, 0.5) is 4.79 Å². The Labute approximate surface area is 204 Å². The van der Waals surface area contributed by atoms with Crippen molar-refractivity contribution < 1.29 is 9.53 Å².